The fourth-order valence-electron chi connectivity index (χ4n) is 1.82. The highest BCUT2D eigenvalue weighted by Crippen LogP contribution is 2.17. The summed E-state index contributed by atoms with van der Waals surface area (Å²) in [5.74, 6) is -0.536. The summed E-state index contributed by atoms with van der Waals surface area (Å²) in [7, 11) is -0.953. The Bertz CT molecular complexity index is 924. The van der Waals surface area contributed by atoms with Crippen molar-refractivity contribution < 1.29 is 13.2 Å². The zero-order valence-corrected chi connectivity index (χ0v) is 14.5. The summed E-state index contributed by atoms with van der Waals surface area (Å²) in [5, 5.41) is 2.63. The van der Waals surface area contributed by atoms with E-state index >= 15 is 0 Å². The van der Waals surface area contributed by atoms with E-state index in [-0.39, 0.29) is 16.6 Å². The van der Waals surface area contributed by atoms with E-state index in [1.54, 1.807) is 12.1 Å². The van der Waals surface area contributed by atoms with Gasteiger partial charge in [0, 0.05) is 32.6 Å². The number of carbonyl (C=O) groups excluding carboxylic acids is 1. The second-order valence-corrected chi connectivity index (χ2v) is 7.52. The van der Waals surface area contributed by atoms with Crippen molar-refractivity contribution in [1.82, 2.24) is 13.9 Å². The van der Waals surface area contributed by atoms with Gasteiger partial charge in [0.1, 0.15) is 6.54 Å². The van der Waals surface area contributed by atoms with Gasteiger partial charge in [-0.15, -0.1) is 0 Å². The molecule has 0 spiro atoms. The molecule has 0 aromatic carbocycles. The molecule has 1 N–H and O–H groups in total. The van der Waals surface area contributed by atoms with Crippen LogP contribution in [0.2, 0.25) is 5.15 Å². The van der Waals surface area contributed by atoms with E-state index in [1.807, 2.05) is 0 Å². The number of nitrogens with zero attached hydrogens (tertiary/aromatic N) is 3. The third-order valence-electron chi connectivity index (χ3n) is 3.08. The summed E-state index contributed by atoms with van der Waals surface area (Å²) in [6, 6.07) is 5.45. The molecule has 2 aromatic heterocycles. The standard InChI is InChI=1S/C14H15ClN4O4S/c1-18(2)24(22,23)10-5-6-13(21)19(8-10)9-12(20)17-11-4-3-7-16-14(11)15/h3-8H,9H2,1-2H3,(H,17,20). The van der Waals surface area contributed by atoms with E-state index < -0.39 is 21.5 Å². The molecular weight excluding hydrogens is 356 g/mol. The van der Waals surface area contributed by atoms with Gasteiger partial charge in [-0.05, 0) is 18.2 Å². The largest absolute Gasteiger partial charge is 0.322 e. The fraction of sp³-hybridized carbons (Fsp3) is 0.214. The molecule has 2 rings (SSSR count). The summed E-state index contributed by atoms with van der Waals surface area (Å²) in [5.41, 5.74) is -0.200. The number of carbonyl (C=O) groups is 1. The van der Waals surface area contributed by atoms with Crippen LogP contribution in [0.1, 0.15) is 0 Å². The topological polar surface area (TPSA) is 101 Å². The molecule has 8 nitrogen and oxygen atoms in total. The first-order valence-corrected chi connectivity index (χ1v) is 8.57. The van der Waals surface area contributed by atoms with Crippen LogP contribution in [0.3, 0.4) is 0 Å². The van der Waals surface area contributed by atoms with Crippen molar-refractivity contribution in [3.63, 3.8) is 0 Å². The summed E-state index contributed by atoms with van der Waals surface area (Å²) >= 11 is 5.84. The number of hydrogen-bond acceptors (Lipinski definition) is 5. The molecule has 0 aliphatic carbocycles. The molecule has 24 heavy (non-hydrogen) atoms. The summed E-state index contributed by atoms with van der Waals surface area (Å²) in [6.45, 7) is -0.360. The number of sulfonamides is 1. The Kier molecular flexibility index (Phi) is 5.37. The van der Waals surface area contributed by atoms with Crippen LogP contribution >= 0.6 is 11.6 Å². The van der Waals surface area contributed by atoms with Crippen LogP contribution in [0.4, 0.5) is 5.69 Å². The van der Waals surface area contributed by atoms with Crippen LogP contribution in [-0.4, -0.2) is 42.3 Å². The molecule has 0 saturated carbocycles. The van der Waals surface area contributed by atoms with Crippen molar-refractivity contribution in [3.8, 4) is 0 Å². The van der Waals surface area contributed by atoms with E-state index in [9.17, 15) is 18.0 Å². The molecule has 0 saturated heterocycles. The number of halogens is 1. The molecule has 128 valence electrons. The summed E-state index contributed by atoms with van der Waals surface area (Å²) in [4.78, 5) is 27.7. The second kappa shape index (κ2) is 7.12. The van der Waals surface area contributed by atoms with Gasteiger partial charge in [0.2, 0.25) is 15.9 Å². The highest BCUT2D eigenvalue weighted by Gasteiger charge is 2.18. The Balaban J connectivity index is 2.25. The number of anilines is 1. The average molecular weight is 371 g/mol. The molecule has 1 amide bonds. The number of amides is 1. The molecule has 0 bridgehead atoms. The van der Waals surface area contributed by atoms with Gasteiger partial charge >= 0.3 is 0 Å². The first kappa shape index (κ1) is 18.1. The zero-order chi connectivity index (χ0) is 17.9. The number of nitrogens with one attached hydrogen (secondary N) is 1. The van der Waals surface area contributed by atoms with Crippen molar-refractivity contribution in [1.29, 1.82) is 0 Å². The third-order valence-corrected chi connectivity index (χ3v) is 5.18. The predicted octanol–water partition coefficient (Wildman–Crippen LogP) is 0.786. The lowest BCUT2D eigenvalue weighted by Crippen LogP contribution is -2.29. The molecule has 0 aliphatic heterocycles. The van der Waals surface area contributed by atoms with E-state index in [0.717, 1.165) is 21.1 Å². The molecule has 0 unspecified atom stereocenters. The molecule has 0 aliphatic rings. The number of hydrogen-bond donors (Lipinski definition) is 1. The monoisotopic (exact) mass is 370 g/mol. The minimum Gasteiger partial charge on any atom is -0.322 e. The number of pyridine rings is 2. The number of rotatable bonds is 5. The van der Waals surface area contributed by atoms with E-state index in [4.69, 9.17) is 11.6 Å². The maximum absolute atomic E-state index is 12.1. The van der Waals surface area contributed by atoms with Crippen LogP contribution in [-0.2, 0) is 21.4 Å². The van der Waals surface area contributed by atoms with Crippen molar-refractivity contribution in [2.75, 3.05) is 19.4 Å². The molecule has 10 heteroatoms. The molecule has 0 atom stereocenters. The maximum Gasteiger partial charge on any atom is 0.251 e. The van der Waals surface area contributed by atoms with Gasteiger partial charge in [-0.3, -0.25) is 9.59 Å². The molecule has 2 heterocycles. The lowest BCUT2D eigenvalue weighted by atomic mass is 10.4. The van der Waals surface area contributed by atoms with Gasteiger partial charge in [-0.1, -0.05) is 11.6 Å². The van der Waals surface area contributed by atoms with Gasteiger partial charge < -0.3 is 9.88 Å². The maximum atomic E-state index is 12.1. The van der Waals surface area contributed by atoms with Crippen LogP contribution in [0.15, 0.2) is 46.3 Å². The Morgan fingerprint density at radius 1 is 1.33 bits per heavy atom. The quantitative estimate of drug-likeness (QED) is 0.784. The van der Waals surface area contributed by atoms with Gasteiger partial charge in [-0.2, -0.15) is 0 Å². The van der Waals surface area contributed by atoms with E-state index in [0.29, 0.717) is 5.69 Å². The number of aromatic nitrogens is 2. The Morgan fingerprint density at radius 3 is 2.67 bits per heavy atom. The first-order chi connectivity index (χ1) is 11.2. The smallest absolute Gasteiger partial charge is 0.251 e. The fourth-order valence-corrected chi connectivity index (χ4v) is 2.91. The SMILES string of the molecule is CN(C)S(=O)(=O)c1ccc(=O)n(CC(=O)Nc2cccnc2Cl)c1. The van der Waals surface area contributed by atoms with Gasteiger partial charge in [0.25, 0.3) is 5.56 Å². The lowest BCUT2D eigenvalue weighted by Gasteiger charge is -2.13. The Labute approximate surface area is 143 Å². The minimum atomic E-state index is -3.71. The molecule has 2 aromatic rings. The van der Waals surface area contributed by atoms with Gasteiger partial charge in [0.05, 0.1) is 10.6 Å². The van der Waals surface area contributed by atoms with Crippen molar-refractivity contribution in [3.05, 3.63) is 52.2 Å². The first-order valence-electron chi connectivity index (χ1n) is 6.75. The molecular formula is C14H15ClN4O4S. The van der Waals surface area contributed by atoms with Gasteiger partial charge in [-0.25, -0.2) is 17.7 Å². The van der Waals surface area contributed by atoms with Crippen LogP contribution in [0.5, 0.6) is 0 Å². The van der Waals surface area contributed by atoms with Crippen LogP contribution in [0.25, 0.3) is 0 Å². The van der Waals surface area contributed by atoms with Crippen molar-refractivity contribution in [2.24, 2.45) is 0 Å². The Hall–Kier alpha value is -2.23. The minimum absolute atomic E-state index is 0.0840. The highest BCUT2D eigenvalue weighted by atomic mass is 35.5. The van der Waals surface area contributed by atoms with E-state index in [1.165, 1.54) is 26.4 Å². The third kappa shape index (κ3) is 3.99. The van der Waals surface area contributed by atoms with Crippen molar-refractivity contribution in [2.45, 2.75) is 11.4 Å². The molecule has 0 fully saturated rings. The molecule has 0 radical (unpaired) electrons. The normalized spacial score (nSPS) is 11.5. The second-order valence-electron chi connectivity index (χ2n) is 5.01. The van der Waals surface area contributed by atoms with Gasteiger partial charge in [0.15, 0.2) is 5.15 Å². The van der Waals surface area contributed by atoms with Crippen LogP contribution in [0, 0.1) is 0 Å². The predicted molar refractivity (Wildman–Crippen MR) is 89.5 cm³/mol. The summed E-state index contributed by atoms with van der Waals surface area (Å²) in [6.07, 6.45) is 2.60. The van der Waals surface area contributed by atoms with E-state index in [2.05, 4.69) is 10.3 Å². The Morgan fingerprint density at radius 2 is 2.04 bits per heavy atom. The highest BCUT2D eigenvalue weighted by molar-refractivity contribution is 7.89. The van der Waals surface area contributed by atoms with Crippen molar-refractivity contribution >= 4 is 33.2 Å². The average Bonchev–Trinajstić information content (AvgIpc) is 2.51. The zero-order valence-electron chi connectivity index (χ0n) is 12.9. The summed E-state index contributed by atoms with van der Waals surface area (Å²) < 4.78 is 26.2. The lowest BCUT2D eigenvalue weighted by molar-refractivity contribution is -0.116. The van der Waals surface area contributed by atoms with Crippen LogP contribution < -0.4 is 10.9 Å².